The van der Waals surface area contributed by atoms with E-state index in [-0.39, 0.29) is 5.24 Å². The minimum atomic E-state index is 0.00974. The second-order valence-corrected chi connectivity index (χ2v) is 9.45. The molecular weight excluding hydrogens is 448 g/mol. The number of thioether (sulfide) groups is 1. The van der Waals surface area contributed by atoms with E-state index in [4.69, 9.17) is 0 Å². The van der Waals surface area contributed by atoms with Crippen LogP contribution in [-0.4, -0.2) is 26.3 Å². The number of thiazole rings is 1. The molecule has 1 amide bonds. The zero-order chi connectivity index (χ0) is 22.6. The Kier molecular flexibility index (Phi) is 6.24. The largest absolute Gasteiger partial charge is 0.287 e. The summed E-state index contributed by atoms with van der Waals surface area (Å²) < 4.78 is 2.13. The first-order valence-corrected chi connectivity index (χ1v) is 12.5. The molecule has 1 aliphatic heterocycles. The molecule has 0 N–H and O–H groups in total. The van der Waals surface area contributed by atoms with Crippen molar-refractivity contribution in [3.05, 3.63) is 106 Å². The van der Waals surface area contributed by atoms with Crippen LogP contribution in [0.25, 0.3) is 16.9 Å². The molecule has 0 bridgehead atoms. The predicted molar refractivity (Wildman–Crippen MR) is 137 cm³/mol. The number of hydrogen-bond acceptors (Lipinski definition) is 5. The maximum absolute atomic E-state index is 12.5. The number of benzene rings is 3. The van der Waals surface area contributed by atoms with Gasteiger partial charge in [-0.1, -0.05) is 84.6 Å². The van der Waals surface area contributed by atoms with E-state index >= 15 is 0 Å². The molecule has 1 aromatic heterocycles. The van der Waals surface area contributed by atoms with E-state index in [1.54, 1.807) is 16.2 Å². The van der Waals surface area contributed by atoms with Gasteiger partial charge < -0.3 is 0 Å². The summed E-state index contributed by atoms with van der Waals surface area (Å²) in [6.07, 6.45) is 0. The van der Waals surface area contributed by atoms with Crippen LogP contribution < -0.4 is 4.80 Å². The van der Waals surface area contributed by atoms with Crippen molar-refractivity contribution >= 4 is 34.2 Å². The van der Waals surface area contributed by atoms with Gasteiger partial charge in [-0.25, -0.2) is 0 Å². The molecule has 5 rings (SSSR count). The summed E-state index contributed by atoms with van der Waals surface area (Å²) in [5.74, 6) is 1.20. The summed E-state index contributed by atoms with van der Waals surface area (Å²) in [6, 6.07) is 28.6. The second-order valence-electron chi connectivity index (χ2n) is 7.69. The third kappa shape index (κ3) is 4.69. The number of amidine groups is 1. The lowest BCUT2D eigenvalue weighted by molar-refractivity contribution is 0.244. The number of carbonyl (C=O) groups excluding carboxylic acids is 1. The molecule has 1 fully saturated rings. The van der Waals surface area contributed by atoms with Crippen molar-refractivity contribution in [2.75, 3.05) is 5.75 Å². The average Bonchev–Trinajstić information content (AvgIpc) is 3.42. The summed E-state index contributed by atoms with van der Waals surface area (Å²) in [7, 11) is 0. The third-order valence-electron chi connectivity index (χ3n) is 5.33. The Balaban J connectivity index is 1.57. The van der Waals surface area contributed by atoms with Gasteiger partial charge in [-0.3, -0.25) is 14.3 Å². The van der Waals surface area contributed by atoms with Gasteiger partial charge in [-0.15, -0.1) is 21.5 Å². The van der Waals surface area contributed by atoms with Crippen LogP contribution in [0, 0.1) is 6.92 Å². The first kappa shape index (κ1) is 21.4. The quantitative estimate of drug-likeness (QED) is 0.331. The minimum absolute atomic E-state index is 0.00974. The standard InChI is InChI=1S/C26H22N4OS2/c1-19-9-8-14-22(15-19)30-23(21-12-6-3-7-13-21)17-32-25(30)28-27-24-18-33-26(31)29(24)16-20-10-4-2-5-11-20/h2-15,17H,16,18H2,1H3. The first-order chi connectivity index (χ1) is 16.2. The third-order valence-corrected chi connectivity index (χ3v) is 7.01. The van der Waals surface area contributed by atoms with Crippen LogP contribution in [0.1, 0.15) is 11.1 Å². The van der Waals surface area contributed by atoms with Gasteiger partial charge in [0.25, 0.3) is 5.24 Å². The Hall–Kier alpha value is -3.42. The minimum Gasteiger partial charge on any atom is -0.284 e. The Labute approximate surface area is 200 Å². The number of aromatic nitrogens is 1. The highest BCUT2D eigenvalue weighted by Gasteiger charge is 2.28. The molecule has 33 heavy (non-hydrogen) atoms. The molecule has 2 heterocycles. The van der Waals surface area contributed by atoms with Crippen molar-refractivity contribution in [3.63, 3.8) is 0 Å². The van der Waals surface area contributed by atoms with Crippen molar-refractivity contribution in [2.45, 2.75) is 13.5 Å². The van der Waals surface area contributed by atoms with Crippen LogP contribution in [0.15, 0.2) is 101 Å². The Morgan fingerprint density at radius 2 is 1.67 bits per heavy atom. The van der Waals surface area contributed by atoms with Crippen molar-refractivity contribution in [1.29, 1.82) is 0 Å². The molecular formula is C26H22N4OS2. The summed E-state index contributed by atoms with van der Waals surface area (Å²) >= 11 is 2.81. The van der Waals surface area contributed by atoms with Gasteiger partial charge in [0.1, 0.15) is 5.84 Å². The predicted octanol–water partition coefficient (Wildman–Crippen LogP) is 6.10. The van der Waals surface area contributed by atoms with Crippen LogP contribution in [0.2, 0.25) is 0 Å². The number of hydrogen-bond donors (Lipinski definition) is 0. The zero-order valence-corrected chi connectivity index (χ0v) is 19.7. The van der Waals surface area contributed by atoms with Crippen molar-refractivity contribution in [3.8, 4) is 16.9 Å². The SMILES string of the molecule is Cc1cccc(-n2c(-c3ccccc3)csc2=NN=C2CSC(=O)N2Cc2ccccc2)c1. The van der Waals surface area contributed by atoms with Crippen LogP contribution in [-0.2, 0) is 6.54 Å². The molecule has 7 heteroatoms. The highest BCUT2D eigenvalue weighted by Crippen LogP contribution is 2.25. The van der Waals surface area contributed by atoms with E-state index in [9.17, 15) is 4.79 Å². The maximum atomic E-state index is 12.5. The Bertz CT molecular complexity index is 1370. The molecule has 1 aliphatic rings. The van der Waals surface area contributed by atoms with Gasteiger partial charge in [-0.2, -0.15) is 0 Å². The fourth-order valence-electron chi connectivity index (χ4n) is 3.70. The van der Waals surface area contributed by atoms with E-state index in [0.717, 1.165) is 27.3 Å². The summed E-state index contributed by atoms with van der Waals surface area (Å²) in [5.41, 5.74) is 5.45. The van der Waals surface area contributed by atoms with Crippen molar-refractivity contribution in [1.82, 2.24) is 9.47 Å². The van der Waals surface area contributed by atoms with Crippen LogP contribution in [0.4, 0.5) is 4.79 Å². The average molecular weight is 471 g/mol. The lowest BCUT2D eigenvalue weighted by Gasteiger charge is -2.15. The number of carbonyl (C=O) groups is 1. The van der Waals surface area contributed by atoms with Crippen LogP contribution >= 0.6 is 23.1 Å². The first-order valence-electron chi connectivity index (χ1n) is 10.6. The molecule has 0 aliphatic carbocycles. The van der Waals surface area contributed by atoms with Crippen LogP contribution in [0.3, 0.4) is 0 Å². The lowest BCUT2D eigenvalue weighted by Crippen LogP contribution is -2.28. The molecule has 164 valence electrons. The van der Waals surface area contributed by atoms with Gasteiger partial charge >= 0.3 is 0 Å². The van der Waals surface area contributed by atoms with E-state index in [2.05, 4.69) is 57.4 Å². The van der Waals surface area contributed by atoms with Gasteiger partial charge in [-0.05, 0) is 35.7 Å². The van der Waals surface area contributed by atoms with Crippen molar-refractivity contribution in [2.24, 2.45) is 10.2 Å². The molecule has 0 radical (unpaired) electrons. The smallest absolute Gasteiger partial charge is 0.284 e. The lowest BCUT2D eigenvalue weighted by atomic mass is 10.1. The number of aryl methyl sites for hydroxylation is 1. The second kappa shape index (κ2) is 9.60. The fourth-order valence-corrected chi connectivity index (χ4v) is 5.35. The van der Waals surface area contributed by atoms with E-state index in [1.165, 1.54) is 17.3 Å². The number of amides is 1. The van der Waals surface area contributed by atoms with Gasteiger partial charge in [0.15, 0.2) is 0 Å². The molecule has 5 nitrogen and oxygen atoms in total. The Morgan fingerprint density at radius 3 is 2.42 bits per heavy atom. The Morgan fingerprint density at radius 1 is 0.909 bits per heavy atom. The zero-order valence-electron chi connectivity index (χ0n) is 18.1. The van der Waals surface area contributed by atoms with Gasteiger partial charge in [0.2, 0.25) is 4.80 Å². The molecule has 3 aromatic carbocycles. The molecule has 0 atom stereocenters. The molecule has 0 saturated carbocycles. The summed E-state index contributed by atoms with van der Waals surface area (Å²) in [6.45, 7) is 2.58. The maximum Gasteiger partial charge on any atom is 0.287 e. The molecule has 1 saturated heterocycles. The monoisotopic (exact) mass is 470 g/mol. The summed E-state index contributed by atoms with van der Waals surface area (Å²) in [4.78, 5) is 15.0. The molecule has 0 spiro atoms. The number of nitrogens with zero attached hydrogens (tertiary/aromatic N) is 4. The number of rotatable bonds is 5. The molecule has 0 unspecified atom stereocenters. The van der Waals surface area contributed by atoms with Gasteiger partial charge in [0, 0.05) is 11.1 Å². The van der Waals surface area contributed by atoms with Gasteiger partial charge in [0.05, 0.1) is 18.0 Å². The fraction of sp³-hybridized carbons (Fsp3) is 0.115. The summed E-state index contributed by atoms with van der Waals surface area (Å²) in [5, 5.41) is 11.3. The normalized spacial score (nSPS) is 15.5. The molecule has 4 aromatic rings. The topological polar surface area (TPSA) is 50.0 Å². The van der Waals surface area contributed by atoms with E-state index in [0.29, 0.717) is 18.1 Å². The van der Waals surface area contributed by atoms with Crippen molar-refractivity contribution < 1.29 is 4.79 Å². The highest BCUT2D eigenvalue weighted by molar-refractivity contribution is 8.14. The van der Waals surface area contributed by atoms with E-state index in [1.807, 2.05) is 54.6 Å². The highest BCUT2D eigenvalue weighted by atomic mass is 32.2. The van der Waals surface area contributed by atoms with Crippen LogP contribution in [0.5, 0.6) is 0 Å². The van der Waals surface area contributed by atoms with E-state index < -0.39 is 0 Å².